The van der Waals surface area contributed by atoms with Gasteiger partial charge in [0.1, 0.15) is 10.7 Å². The third-order valence-corrected chi connectivity index (χ3v) is 4.39. The summed E-state index contributed by atoms with van der Waals surface area (Å²) in [6, 6.07) is 13.6. The molecule has 6 heteroatoms. The minimum absolute atomic E-state index is 0.0879. The second-order valence-electron chi connectivity index (χ2n) is 4.44. The summed E-state index contributed by atoms with van der Waals surface area (Å²) in [5, 5.41) is 0.736. The van der Waals surface area contributed by atoms with Gasteiger partial charge in [-0.15, -0.1) is 0 Å². The van der Waals surface area contributed by atoms with Gasteiger partial charge in [-0.05, 0) is 36.4 Å². The quantitative estimate of drug-likeness (QED) is 0.808. The average Bonchev–Trinajstić information content (AvgIpc) is 2.49. The largest absolute Gasteiger partial charge is 0.280 e. The van der Waals surface area contributed by atoms with Crippen LogP contribution >= 0.6 is 0 Å². The van der Waals surface area contributed by atoms with E-state index in [1.165, 1.54) is 30.3 Å². The minimum atomic E-state index is -3.79. The number of aromatic nitrogens is 1. The fourth-order valence-corrected chi connectivity index (χ4v) is 3.26. The smallest absolute Gasteiger partial charge is 0.264 e. The molecule has 1 aromatic heterocycles. The van der Waals surface area contributed by atoms with Crippen molar-refractivity contribution in [3.63, 3.8) is 0 Å². The molecule has 0 saturated heterocycles. The summed E-state index contributed by atoms with van der Waals surface area (Å²) < 4.78 is 40.2. The highest BCUT2D eigenvalue weighted by Gasteiger charge is 2.18. The molecule has 0 fully saturated rings. The van der Waals surface area contributed by atoms with E-state index in [2.05, 4.69) is 9.71 Å². The zero-order chi connectivity index (χ0) is 14.9. The van der Waals surface area contributed by atoms with E-state index in [4.69, 9.17) is 0 Å². The summed E-state index contributed by atoms with van der Waals surface area (Å²) in [6.07, 6.45) is 1.54. The average molecular weight is 302 g/mol. The van der Waals surface area contributed by atoms with E-state index in [0.717, 1.165) is 5.39 Å². The summed E-state index contributed by atoms with van der Waals surface area (Å²) >= 11 is 0. The lowest BCUT2D eigenvalue weighted by molar-refractivity contribution is 0.601. The number of sulfonamides is 1. The maximum absolute atomic E-state index is 12.9. The van der Waals surface area contributed by atoms with Crippen molar-refractivity contribution in [2.75, 3.05) is 4.72 Å². The maximum atomic E-state index is 12.9. The maximum Gasteiger partial charge on any atom is 0.264 e. The van der Waals surface area contributed by atoms with Gasteiger partial charge >= 0.3 is 0 Å². The van der Waals surface area contributed by atoms with E-state index in [1.807, 2.05) is 0 Å². The molecule has 1 N–H and O–H groups in total. The summed E-state index contributed by atoms with van der Waals surface area (Å²) in [4.78, 5) is 4.21. The van der Waals surface area contributed by atoms with Crippen LogP contribution in [-0.4, -0.2) is 13.4 Å². The zero-order valence-corrected chi connectivity index (χ0v) is 11.6. The molecule has 0 aliphatic rings. The van der Waals surface area contributed by atoms with Crippen molar-refractivity contribution in [2.24, 2.45) is 0 Å². The van der Waals surface area contributed by atoms with E-state index in [0.29, 0.717) is 11.2 Å². The highest BCUT2D eigenvalue weighted by Crippen LogP contribution is 2.23. The first-order valence-corrected chi connectivity index (χ1v) is 7.67. The van der Waals surface area contributed by atoms with Crippen molar-refractivity contribution in [1.82, 2.24) is 4.98 Å². The van der Waals surface area contributed by atoms with Crippen LogP contribution in [0.3, 0.4) is 0 Å². The lowest BCUT2D eigenvalue weighted by atomic mass is 10.2. The Morgan fingerprint density at radius 3 is 2.43 bits per heavy atom. The number of hydrogen-bond donors (Lipinski definition) is 1. The summed E-state index contributed by atoms with van der Waals surface area (Å²) in [5.74, 6) is -0.426. The Morgan fingerprint density at radius 1 is 0.952 bits per heavy atom. The molecule has 0 aliphatic carbocycles. The number of halogens is 1. The van der Waals surface area contributed by atoms with Gasteiger partial charge in [0.25, 0.3) is 10.0 Å². The highest BCUT2D eigenvalue weighted by atomic mass is 32.2. The number of benzene rings is 2. The molecule has 0 saturated carbocycles. The standard InChI is InChI=1S/C15H11FN2O2S/c16-12-6-8-13(9-7-12)18-21(19,20)14-5-1-3-11-4-2-10-17-15(11)14/h1-10,18H. The Morgan fingerprint density at radius 2 is 1.67 bits per heavy atom. The van der Waals surface area contributed by atoms with Gasteiger partial charge in [-0.3, -0.25) is 9.71 Å². The van der Waals surface area contributed by atoms with Crippen LogP contribution in [0.5, 0.6) is 0 Å². The molecule has 0 atom stereocenters. The summed E-state index contributed by atoms with van der Waals surface area (Å²) in [6.45, 7) is 0. The second-order valence-corrected chi connectivity index (χ2v) is 6.09. The zero-order valence-electron chi connectivity index (χ0n) is 10.8. The number of pyridine rings is 1. The van der Waals surface area contributed by atoms with Gasteiger partial charge in [-0.1, -0.05) is 18.2 Å². The molecule has 3 rings (SSSR count). The van der Waals surface area contributed by atoms with E-state index in [9.17, 15) is 12.8 Å². The monoisotopic (exact) mass is 302 g/mol. The first kappa shape index (κ1) is 13.5. The van der Waals surface area contributed by atoms with E-state index in [-0.39, 0.29) is 4.90 Å². The van der Waals surface area contributed by atoms with Crippen molar-refractivity contribution in [3.8, 4) is 0 Å². The van der Waals surface area contributed by atoms with Gasteiger partial charge < -0.3 is 0 Å². The van der Waals surface area contributed by atoms with Crippen LogP contribution in [0.4, 0.5) is 10.1 Å². The molecule has 0 unspecified atom stereocenters. The molecule has 0 amide bonds. The van der Waals surface area contributed by atoms with Crippen LogP contribution in [-0.2, 0) is 10.0 Å². The van der Waals surface area contributed by atoms with Crippen LogP contribution in [0, 0.1) is 5.82 Å². The molecule has 0 spiro atoms. The molecule has 4 nitrogen and oxygen atoms in total. The van der Waals surface area contributed by atoms with Crippen molar-refractivity contribution < 1.29 is 12.8 Å². The molecule has 1 heterocycles. The molecule has 3 aromatic rings. The van der Waals surface area contributed by atoms with Gasteiger partial charge in [0, 0.05) is 17.3 Å². The summed E-state index contributed by atoms with van der Waals surface area (Å²) in [5.41, 5.74) is 0.693. The van der Waals surface area contributed by atoms with Gasteiger partial charge in [0.2, 0.25) is 0 Å². The molecule has 2 aromatic carbocycles. The van der Waals surface area contributed by atoms with E-state index < -0.39 is 15.8 Å². The minimum Gasteiger partial charge on any atom is -0.280 e. The Balaban J connectivity index is 2.06. The third-order valence-electron chi connectivity index (χ3n) is 2.98. The predicted octanol–water partition coefficient (Wildman–Crippen LogP) is 3.17. The Kier molecular flexibility index (Phi) is 3.31. The van der Waals surface area contributed by atoms with Crippen LogP contribution < -0.4 is 4.72 Å². The first-order valence-electron chi connectivity index (χ1n) is 6.18. The molecule has 0 radical (unpaired) electrons. The van der Waals surface area contributed by atoms with Crippen LogP contribution in [0.1, 0.15) is 0 Å². The van der Waals surface area contributed by atoms with Crippen molar-refractivity contribution in [2.45, 2.75) is 4.90 Å². The molecule has 0 aliphatic heterocycles. The molecule has 0 bridgehead atoms. The topological polar surface area (TPSA) is 59.1 Å². The van der Waals surface area contributed by atoms with Crippen molar-refractivity contribution in [1.29, 1.82) is 0 Å². The molecular weight excluding hydrogens is 291 g/mol. The van der Waals surface area contributed by atoms with E-state index in [1.54, 1.807) is 30.5 Å². The fraction of sp³-hybridized carbons (Fsp3) is 0. The molecular formula is C15H11FN2O2S. The van der Waals surface area contributed by atoms with Crippen LogP contribution in [0.2, 0.25) is 0 Å². The van der Waals surface area contributed by atoms with Gasteiger partial charge in [-0.25, -0.2) is 12.8 Å². The number of nitrogens with one attached hydrogen (secondary N) is 1. The summed E-state index contributed by atoms with van der Waals surface area (Å²) in [7, 11) is -3.79. The highest BCUT2D eigenvalue weighted by molar-refractivity contribution is 7.93. The number of para-hydroxylation sites is 1. The SMILES string of the molecule is O=S(=O)(Nc1ccc(F)cc1)c1cccc2cccnc12. The van der Waals surface area contributed by atoms with Crippen molar-refractivity contribution >= 4 is 26.6 Å². The van der Waals surface area contributed by atoms with Crippen LogP contribution in [0.15, 0.2) is 65.7 Å². The normalized spacial score (nSPS) is 11.5. The van der Waals surface area contributed by atoms with E-state index >= 15 is 0 Å². The predicted molar refractivity (Wildman–Crippen MR) is 79.0 cm³/mol. The third kappa shape index (κ3) is 2.71. The fourth-order valence-electron chi connectivity index (χ4n) is 2.02. The van der Waals surface area contributed by atoms with Crippen molar-refractivity contribution in [3.05, 3.63) is 66.6 Å². The Labute approximate surface area is 121 Å². The Hall–Kier alpha value is -2.47. The number of anilines is 1. The van der Waals surface area contributed by atoms with Gasteiger partial charge in [0.15, 0.2) is 0 Å². The molecule has 21 heavy (non-hydrogen) atoms. The Bertz CT molecular complexity index is 888. The number of hydrogen-bond acceptors (Lipinski definition) is 3. The number of nitrogens with zero attached hydrogens (tertiary/aromatic N) is 1. The second kappa shape index (κ2) is 5.14. The molecule has 106 valence electrons. The lowest BCUT2D eigenvalue weighted by Crippen LogP contribution is -2.13. The lowest BCUT2D eigenvalue weighted by Gasteiger charge is -2.09. The number of rotatable bonds is 3. The first-order chi connectivity index (χ1) is 10.1. The number of fused-ring (bicyclic) bond motifs is 1. The van der Waals surface area contributed by atoms with Gasteiger partial charge in [0.05, 0.1) is 5.52 Å². The van der Waals surface area contributed by atoms with Gasteiger partial charge in [-0.2, -0.15) is 0 Å². The van der Waals surface area contributed by atoms with Crippen LogP contribution in [0.25, 0.3) is 10.9 Å².